The molecule has 372 valence electrons. The number of aromatic amines is 2. The van der Waals surface area contributed by atoms with Crippen molar-refractivity contribution < 1.29 is 28.4 Å². The molecule has 15 heteroatoms. The zero-order chi connectivity index (χ0) is 49.3. The lowest BCUT2D eigenvalue weighted by Gasteiger charge is -2.14. The number of H-pyrrole nitrogens is 2. The maximum absolute atomic E-state index is 6.48. The third kappa shape index (κ3) is 10.6. The van der Waals surface area contributed by atoms with Gasteiger partial charge in [0.2, 0.25) is 0 Å². The lowest BCUT2D eigenvalue weighted by molar-refractivity contribution is 0.262. The van der Waals surface area contributed by atoms with Gasteiger partial charge in [-0.05, 0) is 93.1 Å². The first kappa shape index (κ1) is 48.8. The van der Waals surface area contributed by atoms with Crippen LogP contribution in [0.2, 0.25) is 0 Å². The minimum Gasteiger partial charge on any atom is -0.490 e. The molecule has 0 spiro atoms. The van der Waals surface area contributed by atoms with E-state index >= 15 is 0 Å². The van der Waals surface area contributed by atoms with Crippen LogP contribution in [0.25, 0.3) is 89.7 Å². The number of aromatic nitrogens is 8. The molecule has 15 nitrogen and oxygen atoms in total. The average Bonchev–Trinajstić information content (AvgIpc) is 4.09. The number of unbranched alkanes of at least 4 members (excludes halogenated alkanes) is 6. The van der Waals surface area contributed by atoms with Gasteiger partial charge in [-0.3, -0.25) is 0 Å². The summed E-state index contributed by atoms with van der Waals surface area (Å²) in [4.78, 5) is 38.9. The molecule has 71 heavy (non-hydrogen) atoms. The highest BCUT2D eigenvalue weighted by atomic mass is 16.5. The van der Waals surface area contributed by atoms with Gasteiger partial charge in [0.05, 0.1) is 39.6 Å². The van der Waals surface area contributed by atoms with Crippen LogP contribution in [0, 0.1) is 0 Å². The van der Waals surface area contributed by atoms with E-state index in [2.05, 4.69) is 51.5 Å². The summed E-state index contributed by atoms with van der Waals surface area (Å²) in [7, 11) is 0. The fourth-order valence-corrected chi connectivity index (χ4v) is 8.46. The van der Waals surface area contributed by atoms with E-state index < -0.39 is 0 Å². The Morgan fingerprint density at radius 2 is 0.606 bits per heavy atom. The Hall–Kier alpha value is -7.16. The monoisotopic (exact) mass is 962 g/mol. The summed E-state index contributed by atoms with van der Waals surface area (Å²) >= 11 is 0. The summed E-state index contributed by atoms with van der Waals surface area (Å²) < 4.78 is 38.7. The molecule has 3 aromatic heterocycles. The highest BCUT2D eigenvalue weighted by molar-refractivity contribution is 6.08. The lowest BCUT2D eigenvalue weighted by atomic mass is 10.1. The molecule has 0 amide bonds. The first-order valence-corrected chi connectivity index (χ1v) is 25.9. The summed E-state index contributed by atoms with van der Waals surface area (Å²) in [5.41, 5.74) is 12.1. The molecule has 0 saturated carbocycles. The van der Waals surface area contributed by atoms with Crippen LogP contribution in [-0.2, 0) is 0 Å². The average molecular weight is 962 g/mol. The molecule has 0 atom stereocenters. The van der Waals surface area contributed by atoms with Crippen LogP contribution in [0.3, 0.4) is 0 Å². The number of anilines is 1. The molecule has 2 aliphatic rings. The van der Waals surface area contributed by atoms with E-state index in [1.807, 2.05) is 54.6 Å². The van der Waals surface area contributed by atoms with Crippen LogP contribution < -0.4 is 34.2 Å². The van der Waals surface area contributed by atoms with E-state index in [0.29, 0.717) is 126 Å². The van der Waals surface area contributed by atoms with Gasteiger partial charge in [-0.1, -0.05) is 80.1 Å². The molecular formula is C56H67N9O6. The van der Waals surface area contributed by atoms with Gasteiger partial charge in [-0.25, -0.2) is 29.9 Å². The zero-order valence-electron chi connectivity index (χ0n) is 42.1. The van der Waals surface area contributed by atoms with Gasteiger partial charge in [0.15, 0.2) is 57.8 Å². The number of nitrogen functional groups attached to an aromatic ring is 1. The minimum absolute atomic E-state index is 0.432. The van der Waals surface area contributed by atoms with E-state index in [1.165, 1.54) is 0 Å². The van der Waals surface area contributed by atoms with Crippen molar-refractivity contribution in [3.8, 4) is 80.0 Å². The molecule has 0 saturated heterocycles. The molecular weight excluding hydrogens is 895 g/mol. The number of rotatable bonds is 24. The Balaban J connectivity index is 1.38. The van der Waals surface area contributed by atoms with Crippen LogP contribution in [-0.4, -0.2) is 79.5 Å². The minimum atomic E-state index is 0.432. The number of hydrogen-bond acceptors (Lipinski definition) is 13. The quantitative estimate of drug-likeness (QED) is 0.0383. The molecule has 7 aromatic rings. The zero-order valence-corrected chi connectivity index (χ0v) is 42.1. The summed E-state index contributed by atoms with van der Waals surface area (Å²) in [5, 5.41) is 3.11. The third-order valence-electron chi connectivity index (χ3n) is 12.6. The van der Waals surface area contributed by atoms with Crippen molar-refractivity contribution in [2.45, 2.75) is 119 Å². The van der Waals surface area contributed by atoms with E-state index in [1.54, 1.807) is 0 Å². The van der Waals surface area contributed by atoms with Gasteiger partial charge in [-0.15, -0.1) is 0 Å². The Morgan fingerprint density at radius 3 is 0.901 bits per heavy atom. The first-order valence-electron chi connectivity index (χ1n) is 25.9. The van der Waals surface area contributed by atoms with Crippen LogP contribution in [0.5, 0.6) is 34.5 Å². The molecule has 4 aromatic carbocycles. The third-order valence-corrected chi connectivity index (χ3v) is 12.6. The summed E-state index contributed by atoms with van der Waals surface area (Å²) in [6.07, 6.45) is 11.3. The number of ether oxygens (including phenoxy) is 6. The van der Waals surface area contributed by atoms with Crippen molar-refractivity contribution in [2.75, 3.05) is 45.4 Å². The molecule has 9 rings (SSSR count). The molecule has 0 aliphatic carbocycles. The molecule has 4 N–H and O–H groups in total. The standard InChI is InChI=1S/C56H67N9O6/c1-7-13-21-66-43-28-37-38(29-44(43)67-22-14-8-2)53-61-51(37)59-49-35-20-19-34(57)27-36(35)50(58-49)60-52-39-30-45(68-23-15-9-3)46(69-24-16-10-4)31-40(39)54(62-52)64-56-42-33-48(71-26-18-12-6)47(70-25-17-11-5)32-41(42)55(63-53)65-56/h19-20,27-33H,7-18,21-26,57H2,1-6H3,(H2,58,59,60,61,62,63,64,65). The van der Waals surface area contributed by atoms with Gasteiger partial charge in [-0.2, -0.15) is 0 Å². The second kappa shape index (κ2) is 22.7. The van der Waals surface area contributed by atoms with Gasteiger partial charge in [0, 0.05) is 49.5 Å². The van der Waals surface area contributed by atoms with Crippen molar-refractivity contribution >= 4 is 49.8 Å². The van der Waals surface area contributed by atoms with Crippen molar-refractivity contribution in [3.63, 3.8) is 0 Å². The Bertz CT molecular complexity index is 3180. The van der Waals surface area contributed by atoms with Crippen LogP contribution in [0.4, 0.5) is 5.69 Å². The first-order chi connectivity index (χ1) is 34.8. The fraction of sp³-hybridized carbons (Fsp3) is 0.429. The summed E-state index contributed by atoms with van der Waals surface area (Å²) in [5.74, 6) is 5.49. The smallest absolute Gasteiger partial charge is 0.164 e. The van der Waals surface area contributed by atoms with Crippen molar-refractivity contribution in [2.24, 2.45) is 0 Å². The number of hydrogen-bond donors (Lipinski definition) is 3. The summed E-state index contributed by atoms with van der Waals surface area (Å²) in [6, 6.07) is 17.6. The molecule has 0 fully saturated rings. The summed E-state index contributed by atoms with van der Waals surface area (Å²) in [6.45, 7) is 16.1. The topological polar surface area (TPSA) is 190 Å². The highest BCUT2D eigenvalue weighted by Crippen LogP contribution is 2.45. The van der Waals surface area contributed by atoms with Crippen LogP contribution in [0.1, 0.15) is 119 Å². The van der Waals surface area contributed by atoms with Crippen LogP contribution in [0.15, 0.2) is 54.6 Å². The molecule has 5 heterocycles. The number of nitrogens with two attached hydrogens (primary N) is 1. The van der Waals surface area contributed by atoms with Crippen molar-refractivity contribution in [1.29, 1.82) is 0 Å². The molecule has 2 aliphatic heterocycles. The van der Waals surface area contributed by atoms with Gasteiger partial charge in [0.25, 0.3) is 0 Å². The molecule has 8 bridgehead atoms. The van der Waals surface area contributed by atoms with Gasteiger partial charge < -0.3 is 44.1 Å². The number of benzene rings is 4. The van der Waals surface area contributed by atoms with Gasteiger partial charge >= 0.3 is 0 Å². The van der Waals surface area contributed by atoms with E-state index in [0.717, 1.165) is 121 Å². The number of fused-ring (bicyclic) bond motifs is 20. The van der Waals surface area contributed by atoms with Crippen molar-refractivity contribution in [3.05, 3.63) is 54.6 Å². The normalized spacial score (nSPS) is 11.7. The van der Waals surface area contributed by atoms with E-state index in [4.69, 9.17) is 64.1 Å². The molecule has 0 radical (unpaired) electrons. The number of nitrogens with zero attached hydrogens (tertiary/aromatic N) is 6. The number of nitrogens with one attached hydrogen (secondary N) is 2. The predicted molar refractivity (Wildman–Crippen MR) is 283 cm³/mol. The Kier molecular flexibility index (Phi) is 15.6. The Labute approximate surface area is 415 Å². The molecule has 0 unspecified atom stereocenters. The highest BCUT2D eigenvalue weighted by Gasteiger charge is 2.27. The lowest BCUT2D eigenvalue weighted by Crippen LogP contribution is -2.03. The van der Waals surface area contributed by atoms with Gasteiger partial charge in [0.1, 0.15) is 22.6 Å². The maximum atomic E-state index is 6.48. The fourth-order valence-electron chi connectivity index (χ4n) is 8.46. The van der Waals surface area contributed by atoms with Crippen LogP contribution >= 0.6 is 0 Å². The largest absolute Gasteiger partial charge is 0.490 e. The predicted octanol–water partition coefficient (Wildman–Crippen LogP) is 13.5. The van der Waals surface area contributed by atoms with E-state index in [-0.39, 0.29) is 0 Å². The van der Waals surface area contributed by atoms with Crippen molar-refractivity contribution in [1.82, 2.24) is 39.9 Å². The van der Waals surface area contributed by atoms with E-state index in [9.17, 15) is 0 Å². The SMILES string of the molecule is CCCCOc1cc2c(cc1OCCCC)-c1nc-2nc2[nH]c(nc3nc(nc4[nH]c(n1)c1cc(OCCCC)c(OCCCC)cc41)-c1cc(OCCCC)c(OCCCC)cc1-3)c1cc(N)ccc21. The second-order valence-corrected chi connectivity index (χ2v) is 18.2. The maximum Gasteiger partial charge on any atom is 0.164 e. The second-order valence-electron chi connectivity index (χ2n) is 18.2. The Morgan fingerprint density at radius 1 is 0.338 bits per heavy atom.